The molecule has 0 aliphatic carbocycles. The summed E-state index contributed by atoms with van der Waals surface area (Å²) in [5.41, 5.74) is 7.87. The molecule has 2 aromatic carbocycles. The minimum atomic E-state index is 0.833. The van der Waals surface area contributed by atoms with Gasteiger partial charge >= 0.3 is 0 Å². The van der Waals surface area contributed by atoms with Gasteiger partial charge < -0.3 is 0 Å². The second kappa shape index (κ2) is 33.4. The summed E-state index contributed by atoms with van der Waals surface area (Å²) in [5, 5.41) is 0. The van der Waals surface area contributed by atoms with Crippen molar-refractivity contribution >= 4 is 11.6 Å². The molecule has 2 aromatic rings. The second-order valence-electron chi connectivity index (χ2n) is 12.2. The van der Waals surface area contributed by atoms with E-state index in [-0.39, 0.29) is 0 Å². The van der Waals surface area contributed by atoms with Crippen molar-refractivity contribution in [3.05, 3.63) is 83.4 Å². The molecule has 0 bridgehead atoms. The van der Waals surface area contributed by atoms with E-state index in [9.17, 15) is 0 Å². The highest BCUT2D eigenvalue weighted by atomic mass is 14.1. The molecule has 0 atom stereocenters. The smallest absolute Gasteiger partial charge is 0.0222 e. The molecule has 2 rings (SSSR count). The van der Waals surface area contributed by atoms with E-state index in [1.165, 1.54) is 84.8 Å². The van der Waals surface area contributed by atoms with Crippen molar-refractivity contribution in [3.63, 3.8) is 0 Å². The number of hydrogen-bond acceptors (Lipinski definition) is 0. The third-order valence-electron chi connectivity index (χ3n) is 6.41. The van der Waals surface area contributed by atoms with Crippen molar-refractivity contribution in [2.75, 3.05) is 0 Å². The van der Waals surface area contributed by atoms with Crippen LogP contribution in [-0.4, -0.2) is 0 Å². The van der Waals surface area contributed by atoms with Gasteiger partial charge in [0.15, 0.2) is 0 Å². The minimum Gasteiger partial charge on any atom is -0.106 e. The van der Waals surface area contributed by atoms with Crippen LogP contribution in [0.3, 0.4) is 0 Å². The number of aryl methyl sites for hydroxylation is 3. The van der Waals surface area contributed by atoms with Gasteiger partial charge in [0.2, 0.25) is 0 Å². The van der Waals surface area contributed by atoms with Crippen LogP contribution >= 0.6 is 0 Å². The number of allylic oxidation sites excluding steroid dienone is 1. The van der Waals surface area contributed by atoms with Crippen LogP contribution in [0.2, 0.25) is 0 Å². The van der Waals surface area contributed by atoms with Gasteiger partial charge in [-0.1, -0.05) is 187 Å². The molecule has 0 heterocycles. The molecule has 244 valence electrons. The van der Waals surface area contributed by atoms with Gasteiger partial charge in [0, 0.05) is 0 Å². The summed E-state index contributed by atoms with van der Waals surface area (Å²) >= 11 is 0. The molecule has 0 N–H and O–H groups in total. The Morgan fingerprint density at radius 3 is 1.38 bits per heavy atom. The Hall–Kier alpha value is -2.08. The molecule has 0 spiro atoms. The summed E-state index contributed by atoms with van der Waals surface area (Å²) in [6, 6.07) is 15.2. The van der Waals surface area contributed by atoms with E-state index >= 15 is 0 Å². The summed E-state index contributed by atoms with van der Waals surface area (Å²) in [5.74, 6) is 2.76. The van der Waals surface area contributed by atoms with Crippen LogP contribution in [0.5, 0.6) is 0 Å². The molecule has 0 aliphatic rings. The summed E-state index contributed by atoms with van der Waals surface area (Å²) in [6.07, 6.45) is 13.3. The van der Waals surface area contributed by atoms with Gasteiger partial charge in [-0.25, -0.2) is 0 Å². The molecule has 0 aromatic heterocycles. The zero-order valence-electron chi connectivity index (χ0n) is 31.4. The molecule has 0 aliphatic heterocycles. The summed E-state index contributed by atoms with van der Waals surface area (Å²) < 4.78 is 0. The normalized spacial score (nSPS) is 10.1. The zero-order valence-corrected chi connectivity index (χ0v) is 31.4. The first-order valence-corrected chi connectivity index (χ1v) is 17.2. The van der Waals surface area contributed by atoms with Crippen molar-refractivity contribution in [1.29, 1.82) is 0 Å². The quantitative estimate of drug-likeness (QED) is 0.194. The molecule has 0 radical (unpaired) electrons. The van der Waals surface area contributed by atoms with Crippen molar-refractivity contribution in [1.82, 2.24) is 0 Å². The largest absolute Gasteiger partial charge is 0.106 e. The first-order chi connectivity index (χ1) is 19.9. The average molecular weight is 581 g/mol. The molecule has 0 unspecified atom stereocenters. The highest BCUT2D eigenvalue weighted by molar-refractivity contribution is 5.81. The first-order valence-electron chi connectivity index (χ1n) is 17.2. The Morgan fingerprint density at radius 1 is 0.643 bits per heavy atom. The SMILES string of the molecule is C/C(=C\c1cc(C)ccc1C)c1cccc(C)c1.C=C.CC.CC(C)C.CCCC(C)CCC.CCCC(C)CCC. The van der Waals surface area contributed by atoms with Crippen LogP contribution in [0.15, 0.2) is 55.6 Å². The first kappa shape index (κ1) is 46.9. The van der Waals surface area contributed by atoms with Crippen molar-refractivity contribution in [2.45, 2.75) is 155 Å². The van der Waals surface area contributed by atoms with Crippen LogP contribution < -0.4 is 0 Å². The average Bonchev–Trinajstić information content (AvgIpc) is 2.94. The number of benzene rings is 2. The fourth-order valence-corrected chi connectivity index (χ4v) is 4.38. The van der Waals surface area contributed by atoms with Crippen LogP contribution in [0.1, 0.15) is 162 Å². The second-order valence-corrected chi connectivity index (χ2v) is 12.2. The van der Waals surface area contributed by atoms with E-state index in [2.05, 4.69) is 152 Å². The minimum absolute atomic E-state index is 0.833. The molecule has 0 heteroatoms. The summed E-state index contributed by atoms with van der Waals surface area (Å²) in [6.45, 7) is 38.8. The predicted molar refractivity (Wildman–Crippen MR) is 202 cm³/mol. The monoisotopic (exact) mass is 581 g/mol. The van der Waals surface area contributed by atoms with Gasteiger partial charge in [0.1, 0.15) is 0 Å². The molecule has 0 saturated heterocycles. The number of hydrogen-bond donors (Lipinski definition) is 0. The maximum absolute atomic E-state index is 3.00. The van der Waals surface area contributed by atoms with E-state index < -0.39 is 0 Å². The topological polar surface area (TPSA) is 0 Å². The summed E-state index contributed by atoms with van der Waals surface area (Å²) in [4.78, 5) is 0. The Bertz CT molecular complexity index is 825. The van der Waals surface area contributed by atoms with Crippen molar-refractivity contribution in [3.8, 4) is 0 Å². The Labute approximate surface area is 267 Å². The van der Waals surface area contributed by atoms with Gasteiger partial charge in [-0.05, 0) is 67.7 Å². The Kier molecular flexibility index (Phi) is 37.3. The Balaban J connectivity index is -0.000000253. The van der Waals surface area contributed by atoms with Crippen LogP contribution in [0.25, 0.3) is 11.6 Å². The standard InChI is InChI=1S/C18H20.2C8H18.C4H10.C2H6.C2H4/c1-13-6-5-7-17(10-13)16(4)12-18-11-14(2)8-9-15(18)3;2*1-4-6-8(3)7-5-2;1-4(2)3;2*1-2/h5-12H,1-4H3;2*8H,4-7H2,1-3H3;4H,1-3H3;1-2H3;1-2H2/b16-12+;;;;;. The third-order valence-corrected chi connectivity index (χ3v) is 6.41. The summed E-state index contributed by atoms with van der Waals surface area (Å²) in [7, 11) is 0. The van der Waals surface area contributed by atoms with Crippen molar-refractivity contribution in [2.24, 2.45) is 17.8 Å². The van der Waals surface area contributed by atoms with Gasteiger partial charge in [-0.2, -0.15) is 0 Å². The van der Waals surface area contributed by atoms with E-state index in [0.29, 0.717) is 0 Å². The maximum Gasteiger partial charge on any atom is -0.0222 e. The van der Waals surface area contributed by atoms with Crippen molar-refractivity contribution < 1.29 is 0 Å². The lowest BCUT2D eigenvalue weighted by molar-refractivity contribution is 0.480. The van der Waals surface area contributed by atoms with E-state index in [0.717, 1.165) is 17.8 Å². The van der Waals surface area contributed by atoms with Gasteiger partial charge in [0.25, 0.3) is 0 Å². The molecule has 0 saturated carbocycles. The van der Waals surface area contributed by atoms with Crippen LogP contribution in [0, 0.1) is 38.5 Å². The highest BCUT2D eigenvalue weighted by Crippen LogP contribution is 2.21. The van der Waals surface area contributed by atoms with Crippen LogP contribution in [-0.2, 0) is 0 Å². The Morgan fingerprint density at radius 2 is 1.02 bits per heavy atom. The molecule has 42 heavy (non-hydrogen) atoms. The van der Waals surface area contributed by atoms with E-state index in [4.69, 9.17) is 0 Å². The third kappa shape index (κ3) is 30.9. The lowest BCUT2D eigenvalue weighted by atomic mass is 9.99. The van der Waals surface area contributed by atoms with E-state index in [1.807, 2.05) is 13.8 Å². The molecular weight excluding hydrogens is 504 g/mol. The zero-order chi connectivity index (χ0) is 33.5. The van der Waals surface area contributed by atoms with Gasteiger partial charge in [-0.3, -0.25) is 0 Å². The molecule has 0 nitrogen and oxygen atoms in total. The highest BCUT2D eigenvalue weighted by Gasteiger charge is 2.00. The van der Waals surface area contributed by atoms with Gasteiger partial charge in [-0.15, -0.1) is 13.2 Å². The molecule has 0 fully saturated rings. The lowest BCUT2D eigenvalue weighted by Crippen LogP contribution is -1.91. The molecular formula is C42H76. The fourth-order valence-electron chi connectivity index (χ4n) is 4.38. The maximum atomic E-state index is 3.00. The fraction of sp³-hybridized carbons (Fsp3) is 0.619. The van der Waals surface area contributed by atoms with Crippen LogP contribution in [0.4, 0.5) is 0 Å². The van der Waals surface area contributed by atoms with E-state index in [1.54, 1.807) is 0 Å². The lowest BCUT2D eigenvalue weighted by Gasteiger charge is -2.06. The number of rotatable bonds is 10. The predicted octanol–water partition coefficient (Wildman–Crippen LogP) is 15.1. The molecule has 0 amide bonds. The van der Waals surface area contributed by atoms with Gasteiger partial charge in [0.05, 0.1) is 0 Å².